The monoisotopic (exact) mass is 372 g/mol. The van der Waals surface area contributed by atoms with Crippen molar-refractivity contribution >= 4 is 17.6 Å². The Morgan fingerprint density at radius 3 is 2.40 bits per heavy atom. The zero-order valence-electron chi connectivity index (χ0n) is 14.3. The standard InChI is InChI=1S/C19H20ClF3O2/c1-5-7-10-15(21)14(20)11(17(23)16(10)22)9-25-18(24)13-12(8-6-2)19(13,3)4/h5-6,8,12-13H,1,7,9H2,2-4H3/t12-,13+/m1/s1. The van der Waals surface area contributed by atoms with Gasteiger partial charge in [-0.3, -0.25) is 4.79 Å². The van der Waals surface area contributed by atoms with Gasteiger partial charge in [0.15, 0.2) is 11.6 Å². The number of carbonyl (C=O) groups is 1. The molecule has 0 amide bonds. The first kappa shape index (κ1) is 19.6. The van der Waals surface area contributed by atoms with Crippen LogP contribution in [0.15, 0.2) is 24.8 Å². The van der Waals surface area contributed by atoms with E-state index in [0.29, 0.717) is 0 Å². The summed E-state index contributed by atoms with van der Waals surface area (Å²) in [6, 6.07) is 0. The molecule has 25 heavy (non-hydrogen) atoms. The highest BCUT2D eigenvalue weighted by molar-refractivity contribution is 6.31. The van der Waals surface area contributed by atoms with Crippen molar-refractivity contribution in [2.45, 2.75) is 33.8 Å². The zero-order valence-corrected chi connectivity index (χ0v) is 15.1. The predicted octanol–water partition coefficient (Wildman–Crippen LogP) is 5.38. The number of ether oxygens (including phenoxy) is 1. The van der Waals surface area contributed by atoms with Crippen LogP contribution >= 0.6 is 11.6 Å². The van der Waals surface area contributed by atoms with Crippen LogP contribution in [0.5, 0.6) is 0 Å². The van der Waals surface area contributed by atoms with Gasteiger partial charge in [-0.15, -0.1) is 6.58 Å². The Morgan fingerprint density at radius 2 is 1.84 bits per heavy atom. The first-order chi connectivity index (χ1) is 11.7. The second-order valence-corrected chi connectivity index (χ2v) is 7.04. The fourth-order valence-electron chi connectivity index (χ4n) is 3.10. The highest BCUT2D eigenvalue weighted by atomic mass is 35.5. The molecule has 1 aliphatic carbocycles. The molecule has 1 aromatic rings. The van der Waals surface area contributed by atoms with E-state index in [0.717, 1.165) is 0 Å². The maximum absolute atomic E-state index is 14.2. The first-order valence-corrected chi connectivity index (χ1v) is 8.30. The first-order valence-electron chi connectivity index (χ1n) is 7.92. The highest BCUT2D eigenvalue weighted by Gasteiger charge is 2.61. The molecule has 0 bridgehead atoms. The molecule has 136 valence electrons. The van der Waals surface area contributed by atoms with Crippen molar-refractivity contribution in [2.24, 2.45) is 17.3 Å². The quantitative estimate of drug-likeness (QED) is 0.381. The van der Waals surface area contributed by atoms with E-state index in [2.05, 4.69) is 6.58 Å². The Kier molecular flexibility index (Phi) is 5.67. The van der Waals surface area contributed by atoms with Gasteiger partial charge < -0.3 is 4.74 Å². The average Bonchev–Trinajstić information content (AvgIpc) is 3.10. The molecule has 0 radical (unpaired) electrons. The molecule has 0 spiro atoms. The van der Waals surface area contributed by atoms with E-state index in [1.165, 1.54) is 6.08 Å². The highest BCUT2D eigenvalue weighted by Crippen LogP contribution is 2.59. The summed E-state index contributed by atoms with van der Waals surface area (Å²) < 4.78 is 47.4. The molecule has 0 heterocycles. The minimum atomic E-state index is -1.34. The minimum absolute atomic E-state index is 0.0220. The van der Waals surface area contributed by atoms with Gasteiger partial charge in [0.1, 0.15) is 12.4 Å². The molecule has 0 aliphatic heterocycles. The third-order valence-electron chi connectivity index (χ3n) is 4.72. The number of hydrogen-bond donors (Lipinski definition) is 0. The lowest BCUT2D eigenvalue weighted by Crippen LogP contribution is -2.13. The lowest BCUT2D eigenvalue weighted by Gasteiger charge is -2.12. The van der Waals surface area contributed by atoms with Gasteiger partial charge in [-0.05, 0) is 24.7 Å². The molecule has 2 atom stereocenters. The number of carbonyl (C=O) groups excluding carboxylic acids is 1. The van der Waals surface area contributed by atoms with Gasteiger partial charge >= 0.3 is 5.97 Å². The SMILES string of the molecule is C=CCc1c(F)c(F)c(COC(=O)[C@@H]2[C@@H](C=CC)C2(C)C)c(Cl)c1F. The van der Waals surface area contributed by atoms with Crippen LogP contribution in [0.2, 0.25) is 5.02 Å². The van der Waals surface area contributed by atoms with Crippen LogP contribution in [0.25, 0.3) is 0 Å². The van der Waals surface area contributed by atoms with Gasteiger partial charge in [-0.2, -0.15) is 0 Å². The summed E-state index contributed by atoms with van der Waals surface area (Å²) in [6.45, 7) is 8.43. The Hall–Kier alpha value is -1.75. The van der Waals surface area contributed by atoms with Crippen LogP contribution in [-0.2, 0) is 22.6 Å². The molecule has 2 rings (SSSR count). The van der Waals surface area contributed by atoms with E-state index < -0.39 is 46.2 Å². The number of benzene rings is 1. The molecule has 1 fully saturated rings. The summed E-state index contributed by atoms with van der Waals surface area (Å²) in [6.07, 6.45) is 4.80. The average molecular weight is 373 g/mol. The predicted molar refractivity (Wildman–Crippen MR) is 90.6 cm³/mol. The minimum Gasteiger partial charge on any atom is -0.460 e. The van der Waals surface area contributed by atoms with Crippen molar-refractivity contribution in [2.75, 3.05) is 0 Å². The summed E-state index contributed by atoms with van der Waals surface area (Å²) in [4.78, 5) is 12.2. The largest absolute Gasteiger partial charge is 0.460 e. The number of esters is 1. The van der Waals surface area contributed by atoms with E-state index in [1.807, 2.05) is 32.9 Å². The summed E-state index contributed by atoms with van der Waals surface area (Å²) >= 11 is 5.81. The lowest BCUT2D eigenvalue weighted by atomic mass is 10.1. The van der Waals surface area contributed by atoms with E-state index in [-0.39, 0.29) is 23.7 Å². The van der Waals surface area contributed by atoms with Crippen LogP contribution in [-0.4, -0.2) is 5.97 Å². The molecule has 2 nitrogen and oxygen atoms in total. The van der Waals surface area contributed by atoms with Gasteiger partial charge in [0.2, 0.25) is 0 Å². The molecule has 0 saturated heterocycles. The van der Waals surface area contributed by atoms with Crippen LogP contribution in [0.3, 0.4) is 0 Å². The van der Waals surface area contributed by atoms with Crippen molar-refractivity contribution in [3.63, 3.8) is 0 Å². The molecule has 0 unspecified atom stereocenters. The maximum atomic E-state index is 14.2. The Morgan fingerprint density at radius 1 is 1.24 bits per heavy atom. The number of halogens is 4. The number of allylic oxidation sites excluding steroid dienone is 3. The van der Waals surface area contributed by atoms with Crippen molar-refractivity contribution in [1.82, 2.24) is 0 Å². The van der Waals surface area contributed by atoms with E-state index in [4.69, 9.17) is 16.3 Å². The van der Waals surface area contributed by atoms with Crippen molar-refractivity contribution in [3.8, 4) is 0 Å². The third kappa shape index (κ3) is 3.47. The topological polar surface area (TPSA) is 26.3 Å². The molecule has 1 aromatic carbocycles. The Bertz CT molecular complexity index is 712. The molecular weight excluding hydrogens is 353 g/mol. The van der Waals surface area contributed by atoms with Crippen molar-refractivity contribution in [3.05, 3.63) is 58.4 Å². The summed E-state index contributed by atoms with van der Waals surface area (Å²) in [7, 11) is 0. The van der Waals surface area contributed by atoms with E-state index in [9.17, 15) is 18.0 Å². The van der Waals surface area contributed by atoms with Gasteiger partial charge in [0, 0.05) is 11.1 Å². The van der Waals surface area contributed by atoms with Crippen LogP contribution < -0.4 is 0 Å². The van der Waals surface area contributed by atoms with Crippen molar-refractivity contribution < 1.29 is 22.7 Å². The van der Waals surface area contributed by atoms with E-state index in [1.54, 1.807) is 0 Å². The summed E-state index contributed by atoms with van der Waals surface area (Å²) in [5, 5.41) is -0.580. The number of hydrogen-bond acceptors (Lipinski definition) is 2. The zero-order chi connectivity index (χ0) is 18.9. The van der Waals surface area contributed by atoms with Crippen LogP contribution in [0.4, 0.5) is 13.2 Å². The molecule has 0 N–H and O–H groups in total. The number of rotatable bonds is 6. The molecular formula is C19H20ClF3O2. The third-order valence-corrected chi connectivity index (χ3v) is 5.11. The maximum Gasteiger partial charge on any atom is 0.310 e. The van der Waals surface area contributed by atoms with Gasteiger partial charge in [0.05, 0.1) is 10.9 Å². The molecule has 1 saturated carbocycles. The van der Waals surface area contributed by atoms with Crippen LogP contribution in [0.1, 0.15) is 31.9 Å². The van der Waals surface area contributed by atoms with Crippen LogP contribution in [0, 0.1) is 34.7 Å². The smallest absolute Gasteiger partial charge is 0.310 e. The molecule has 1 aliphatic rings. The second-order valence-electron chi connectivity index (χ2n) is 6.66. The Labute approximate surface area is 150 Å². The second kappa shape index (κ2) is 7.24. The van der Waals surface area contributed by atoms with Crippen molar-refractivity contribution in [1.29, 1.82) is 0 Å². The molecule has 6 heteroatoms. The normalized spacial score (nSPS) is 21.4. The fourth-order valence-corrected chi connectivity index (χ4v) is 3.35. The Balaban J connectivity index is 2.19. The summed E-state index contributed by atoms with van der Waals surface area (Å²) in [5.74, 6) is -4.61. The fraction of sp³-hybridized carbons (Fsp3) is 0.421. The van der Waals surface area contributed by atoms with Gasteiger partial charge in [0.25, 0.3) is 0 Å². The summed E-state index contributed by atoms with van der Waals surface area (Å²) in [5.41, 5.74) is -1.26. The lowest BCUT2D eigenvalue weighted by molar-refractivity contribution is -0.147. The van der Waals surface area contributed by atoms with Gasteiger partial charge in [-0.25, -0.2) is 13.2 Å². The molecule has 0 aromatic heterocycles. The van der Waals surface area contributed by atoms with Gasteiger partial charge in [-0.1, -0.05) is 43.7 Å². The van der Waals surface area contributed by atoms with E-state index >= 15 is 0 Å².